The Morgan fingerprint density at radius 2 is 1.67 bits per heavy atom. The molecular formula is C19H20ClN3O. The molecular weight excluding hydrogens is 322 g/mol. The van der Waals surface area contributed by atoms with Crippen LogP contribution in [0.3, 0.4) is 0 Å². The van der Waals surface area contributed by atoms with Crippen LogP contribution in [-0.2, 0) is 0 Å². The number of carbonyl (C=O) groups excluding carboxylic acids is 1. The van der Waals surface area contributed by atoms with Crippen LogP contribution in [0.15, 0.2) is 53.6 Å². The maximum Gasteiger partial charge on any atom is 0.271 e. The van der Waals surface area contributed by atoms with Crippen molar-refractivity contribution in [2.45, 2.75) is 19.3 Å². The number of hydrazone groups is 1. The lowest BCUT2D eigenvalue weighted by atomic mass is 10.1. The van der Waals surface area contributed by atoms with Crippen molar-refractivity contribution < 1.29 is 4.79 Å². The molecule has 0 aromatic heterocycles. The minimum Gasteiger partial charge on any atom is -0.372 e. The highest BCUT2D eigenvalue weighted by molar-refractivity contribution is 6.30. The molecule has 0 radical (unpaired) electrons. The molecule has 1 amide bonds. The van der Waals surface area contributed by atoms with Crippen LogP contribution in [0, 0.1) is 0 Å². The lowest BCUT2D eigenvalue weighted by molar-refractivity contribution is 0.0955. The van der Waals surface area contributed by atoms with Gasteiger partial charge in [-0.1, -0.05) is 23.7 Å². The Labute approximate surface area is 147 Å². The van der Waals surface area contributed by atoms with Gasteiger partial charge in [0.1, 0.15) is 0 Å². The minimum absolute atomic E-state index is 0.257. The van der Waals surface area contributed by atoms with Gasteiger partial charge in [-0.15, -0.1) is 0 Å². The predicted molar refractivity (Wildman–Crippen MR) is 99.0 cm³/mol. The van der Waals surface area contributed by atoms with E-state index in [9.17, 15) is 4.79 Å². The summed E-state index contributed by atoms with van der Waals surface area (Å²) >= 11 is 5.80. The largest absolute Gasteiger partial charge is 0.372 e. The SMILES string of the molecule is O=C(N/N=C\c1ccc(N2CCCCC2)cc1)c1ccc(Cl)cc1. The summed E-state index contributed by atoms with van der Waals surface area (Å²) in [5.74, 6) is -0.257. The molecule has 5 heteroatoms. The molecule has 0 aliphatic carbocycles. The number of nitrogens with one attached hydrogen (secondary N) is 1. The van der Waals surface area contributed by atoms with Crippen LogP contribution in [0.1, 0.15) is 35.2 Å². The van der Waals surface area contributed by atoms with E-state index in [2.05, 4.69) is 27.6 Å². The molecule has 0 unspecified atom stereocenters. The number of hydrogen-bond donors (Lipinski definition) is 1. The summed E-state index contributed by atoms with van der Waals surface area (Å²) in [5.41, 5.74) is 5.25. The molecule has 2 aromatic carbocycles. The third kappa shape index (κ3) is 4.36. The average Bonchev–Trinajstić information content (AvgIpc) is 2.63. The van der Waals surface area contributed by atoms with Gasteiger partial charge in [-0.25, -0.2) is 5.43 Å². The Morgan fingerprint density at radius 3 is 2.33 bits per heavy atom. The van der Waals surface area contributed by atoms with Crippen molar-refractivity contribution in [3.8, 4) is 0 Å². The molecule has 1 fully saturated rings. The molecule has 4 nitrogen and oxygen atoms in total. The summed E-state index contributed by atoms with van der Waals surface area (Å²) in [5, 5.41) is 4.61. The maximum absolute atomic E-state index is 11.9. The van der Waals surface area contributed by atoms with Gasteiger partial charge >= 0.3 is 0 Å². The van der Waals surface area contributed by atoms with E-state index in [-0.39, 0.29) is 5.91 Å². The highest BCUT2D eigenvalue weighted by Gasteiger charge is 2.10. The Kier molecular flexibility index (Phi) is 5.49. The van der Waals surface area contributed by atoms with Crippen molar-refractivity contribution in [2.75, 3.05) is 18.0 Å². The number of hydrogen-bond acceptors (Lipinski definition) is 3. The lowest BCUT2D eigenvalue weighted by Crippen LogP contribution is -2.29. The standard InChI is InChI=1S/C19H20ClN3O/c20-17-8-6-16(7-9-17)19(24)22-21-14-15-4-10-18(11-5-15)23-12-2-1-3-13-23/h4-11,14H,1-3,12-13H2,(H,22,24)/b21-14-. The highest BCUT2D eigenvalue weighted by atomic mass is 35.5. The number of anilines is 1. The van der Waals surface area contributed by atoms with Crippen LogP contribution in [0.2, 0.25) is 5.02 Å². The van der Waals surface area contributed by atoms with Gasteiger partial charge in [0.05, 0.1) is 6.21 Å². The Bertz CT molecular complexity index is 704. The zero-order valence-electron chi connectivity index (χ0n) is 13.4. The first kappa shape index (κ1) is 16.5. The van der Waals surface area contributed by atoms with Gasteiger partial charge in [-0.3, -0.25) is 4.79 Å². The van der Waals surface area contributed by atoms with E-state index in [1.807, 2.05) is 12.1 Å². The van der Waals surface area contributed by atoms with E-state index in [0.29, 0.717) is 10.6 Å². The van der Waals surface area contributed by atoms with E-state index >= 15 is 0 Å². The quantitative estimate of drug-likeness (QED) is 0.672. The minimum atomic E-state index is -0.257. The summed E-state index contributed by atoms with van der Waals surface area (Å²) in [4.78, 5) is 14.3. The smallest absolute Gasteiger partial charge is 0.271 e. The molecule has 124 valence electrons. The second kappa shape index (κ2) is 7.97. The molecule has 24 heavy (non-hydrogen) atoms. The number of amides is 1. The van der Waals surface area contributed by atoms with Gasteiger partial charge < -0.3 is 4.90 Å². The first-order valence-electron chi connectivity index (χ1n) is 8.16. The van der Waals surface area contributed by atoms with E-state index < -0.39 is 0 Å². The van der Waals surface area contributed by atoms with E-state index in [1.165, 1.54) is 24.9 Å². The molecule has 0 bridgehead atoms. The number of benzene rings is 2. The third-order valence-corrected chi connectivity index (χ3v) is 4.35. The van der Waals surface area contributed by atoms with E-state index in [1.54, 1.807) is 30.5 Å². The van der Waals surface area contributed by atoms with E-state index in [4.69, 9.17) is 11.6 Å². The highest BCUT2D eigenvalue weighted by Crippen LogP contribution is 2.19. The molecule has 1 aliphatic heterocycles. The first-order chi connectivity index (χ1) is 11.7. The van der Waals surface area contributed by atoms with Crippen molar-refractivity contribution in [1.29, 1.82) is 0 Å². The van der Waals surface area contributed by atoms with Crippen molar-refractivity contribution in [3.63, 3.8) is 0 Å². The van der Waals surface area contributed by atoms with Crippen molar-refractivity contribution >= 4 is 29.4 Å². The Balaban J connectivity index is 1.56. The summed E-state index contributed by atoms with van der Waals surface area (Å²) < 4.78 is 0. The monoisotopic (exact) mass is 341 g/mol. The molecule has 1 saturated heterocycles. The van der Waals surface area contributed by atoms with Gasteiger partial charge in [-0.2, -0.15) is 5.10 Å². The topological polar surface area (TPSA) is 44.7 Å². The predicted octanol–water partition coefficient (Wildman–Crippen LogP) is 4.09. The molecule has 1 heterocycles. The number of halogens is 1. The van der Waals surface area contributed by atoms with Crippen molar-refractivity contribution in [1.82, 2.24) is 5.43 Å². The van der Waals surface area contributed by atoms with Crippen LogP contribution in [-0.4, -0.2) is 25.2 Å². The maximum atomic E-state index is 11.9. The zero-order valence-corrected chi connectivity index (χ0v) is 14.2. The lowest BCUT2D eigenvalue weighted by Gasteiger charge is -2.28. The van der Waals surface area contributed by atoms with Crippen LogP contribution in [0.25, 0.3) is 0 Å². The number of rotatable bonds is 4. The Morgan fingerprint density at radius 1 is 1.00 bits per heavy atom. The zero-order chi connectivity index (χ0) is 16.8. The summed E-state index contributed by atoms with van der Waals surface area (Å²) in [6, 6.07) is 14.9. The first-order valence-corrected chi connectivity index (χ1v) is 8.54. The molecule has 1 aliphatic rings. The summed E-state index contributed by atoms with van der Waals surface area (Å²) in [6.45, 7) is 2.26. The van der Waals surface area contributed by atoms with Crippen molar-refractivity contribution in [2.24, 2.45) is 5.10 Å². The number of nitrogens with zero attached hydrogens (tertiary/aromatic N) is 2. The molecule has 1 N–H and O–H groups in total. The van der Waals surface area contributed by atoms with E-state index in [0.717, 1.165) is 18.7 Å². The second-order valence-electron chi connectivity index (χ2n) is 5.85. The fourth-order valence-corrected chi connectivity index (χ4v) is 2.88. The average molecular weight is 342 g/mol. The summed E-state index contributed by atoms with van der Waals surface area (Å²) in [6.07, 6.45) is 5.50. The van der Waals surface area contributed by atoms with Crippen LogP contribution >= 0.6 is 11.6 Å². The molecule has 0 spiro atoms. The van der Waals surface area contributed by atoms with Crippen molar-refractivity contribution in [3.05, 3.63) is 64.7 Å². The summed E-state index contributed by atoms with van der Waals surface area (Å²) in [7, 11) is 0. The fraction of sp³-hybridized carbons (Fsp3) is 0.263. The number of carbonyl (C=O) groups is 1. The Hall–Kier alpha value is -2.33. The van der Waals surface area contributed by atoms with Gasteiger partial charge in [0.25, 0.3) is 5.91 Å². The van der Waals surface area contributed by atoms with Gasteiger partial charge in [0, 0.05) is 29.4 Å². The van der Waals surface area contributed by atoms with Crippen LogP contribution < -0.4 is 10.3 Å². The third-order valence-electron chi connectivity index (χ3n) is 4.10. The van der Waals surface area contributed by atoms with Gasteiger partial charge in [0.2, 0.25) is 0 Å². The molecule has 0 atom stereocenters. The fourth-order valence-electron chi connectivity index (χ4n) is 2.75. The van der Waals surface area contributed by atoms with Gasteiger partial charge in [0.15, 0.2) is 0 Å². The molecule has 0 saturated carbocycles. The molecule has 2 aromatic rings. The van der Waals surface area contributed by atoms with Crippen LogP contribution in [0.5, 0.6) is 0 Å². The normalized spacial score (nSPS) is 14.8. The number of piperidine rings is 1. The molecule has 3 rings (SSSR count). The second-order valence-corrected chi connectivity index (χ2v) is 6.28. The van der Waals surface area contributed by atoms with Crippen LogP contribution in [0.4, 0.5) is 5.69 Å². The van der Waals surface area contributed by atoms with Gasteiger partial charge in [-0.05, 0) is 61.2 Å².